The summed E-state index contributed by atoms with van der Waals surface area (Å²) in [5.74, 6) is -0.509. The number of ether oxygens (including phenoxy) is 1. The Balaban J connectivity index is 1.55. The maximum atomic E-state index is 12.7. The number of nitrogens with one attached hydrogen (secondary N) is 1. The predicted octanol–water partition coefficient (Wildman–Crippen LogP) is -1.12. The topological polar surface area (TPSA) is 169 Å². The molecule has 1 aliphatic heterocycles. The second-order valence-corrected chi connectivity index (χ2v) is 6.67. The number of hydrogen-bond acceptors (Lipinski definition) is 9. The number of imidazole rings is 1. The highest BCUT2D eigenvalue weighted by Crippen LogP contribution is 2.32. The zero-order valence-electron chi connectivity index (χ0n) is 15.2. The Bertz CT molecular complexity index is 1010. The lowest BCUT2D eigenvalue weighted by Crippen LogP contribution is -2.44. The van der Waals surface area contributed by atoms with Gasteiger partial charge in [-0.25, -0.2) is 15.0 Å². The lowest BCUT2D eigenvalue weighted by Gasteiger charge is -2.20. The van der Waals surface area contributed by atoms with Crippen LogP contribution in [0.25, 0.3) is 11.2 Å². The summed E-state index contributed by atoms with van der Waals surface area (Å²) >= 11 is 0. The predicted molar refractivity (Wildman–Crippen MR) is 100 cm³/mol. The average molecular weight is 400 g/mol. The Kier molecular flexibility index (Phi) is 5.11. The zero-order chi connectivity index (χ0) is 20.5. The molecule has 1 aromatic carbocycles. The fourth-order valence-corrected chi connectivity index (χ4v) is 3.34. The molecule has 3 aromatic rings. The van der Waals surface area contributed by atoms with Crippen LogP contribution in [-0.4, -0.2) is 65.7 Å². The molecule has 1 aliphatic rings. The highest BCUT2D eigenvalue weighted by Gasteiger charge is 2.48. The molecule has 4 rings (SSSR count). The van der Waals surface area contributed by atoms with Crippen LogP contribution < -0.4 is 11.1 Å². The van der Waals surface area contributed by atoms with Crippen LogP contribution >= 0.6 is 0 Å². The van der Waals surface area contributed by atoms with Gasteiger partial charge >= 0.3 is 0 Å². The highest BCUT2D eigenvalue weighted by atomic mass is 16.6. The van der Waals surface area contributed by atoms with Gasteiger partial charge in [0.1, 0.15) is 24.1 Å². The number of aromatic nitrogens is 4. The third-order valence-corrected chi connectivity index (χ3v) is 4.86. The van der Waals surface area contributed by atoms with Crippen molar-refractivity contribution in [3.05, 3.63) is 48.5 Å². The van der Waals surface area contributed by atoms with Gasteiger partial charge in [-0.15, -0.1) is 0 Å². The molecule has 0 saturated carbocycles. The number of aliphatic hydroxyl groups excluding tert-OH is 3. The minimum atomic E-state index is -1.49. The molecular formula is C18H20N6O5. The maximum absolute atomic E-state index is 12.7. The van der Waals surface area contributed by atoms with Gasteiger partial charge in [-0.3, -0.25) is 9.36 Å². The molecule has 0 spiro atoms. The van der Waals surface area contributed by atoms with Crippen LogP contribution in [0.15, 0.2) is 43.0 Å². The molecule has 1 amide bonds. The third-order valence-electron chi connectivity index (χ3n) is 4.86. The van der Waals surface area contributed by atoms with Crippen molar-refractivity contribution in [1.29, 1.82) is 0 Å². The van der Waals surface area contributed by atoms with Crippen molar-refractivity contribution in [3.8, 4) is 0 Å². The Labute approximate surface area is 164 Å². The number of carbonyl (C=O) groups is 1. The monoisotopic (exact) mass is 400 g/mol. The second-order valence-electron chi connectivity index (χ2n) is 6.67. The summed E-state index contributed by atoms with van der Waals surface area (Å²) in [6.07, 6.45) is -2.79. The van der Waals surface area contributed by atoms with Gasteiger partial charge in [-0.05, 0) is 5.56 Å². The van der Waals surface area contributed by atoms with Gasteiger partial charge in [0.2, 0.25) is 0 Å². The van der Waals surface area contributed by atoms with Crippen LogP contribution in [0.4, 0.5) is 5.82 Å². The van der Waals surface area contributed by atoms with Crippen molar-refractivity contribution in [3.63, 3.8) is 0 Å². The number of benzene rings is 1. The number of nitrogens with two attached hydrogens (primary N) is 1. The van der Waals surface area contributed by atoms with Crippen molar-refractivity contribution in [2.24, 2.45) is 0 Å². The first-order chi connectivity index (χ1) is 14.0. The van der Waals surface area contributed by atoms with E-state index in [2.05, 4.69) is 20.3 Å². The minimum Gasteiger partial charge on any atom is -0.394 e. The number of aliphatic hydroxyl groups is 3. The molecule has 152 valence electrons. The van der Waals surface area contributed by atoms with Crippen molar-refractivity contribution < 1.29 is 24.9 Å². The zero-order valence-corrected chi connectivity index (χ0v) is 15.2. The molecule has 11 nitrogen and oxygen atoms in total. The molecule has 0 aliphatic carbocycles. The number of nitrogens with zero attached hydrogens (tertiary/aromatic N) is 4. The van der Waals surface area contributed by atoms with E-state index in [1.807, 2.05) is 6.07 Å². The lowest BCUT2D eigenvalue weighted by atomic mass is 10.1. The molecule has 2 aromatic heterocycles. The number of rotatable bonds is 5. The Morgan fingerprint density at radius 2 is 1.97 bits per heavy atom. The van der Waals surface area contributed by atoms with Crippen molar-refractivity contribution >= 4 is 22.9 Å². The second kappa shape index (κ2) is 7.72. The molecule has 11 heteroatoms. The summed E-state index contributed by atoms with van der Waals surface area (Å²) in [6, 6.07) is 8.21. The third kappa shape index (κ3) is 3.40. The maximum Gasteiger partial charge on any atom is 0.252 e. The summed E-state index contributed by atoms with van der Waals surface area (Å²) in [4.78, 5) is 24.7. The van der Waals surface area contributed by atoms with E-state index in [9.17, 15) is 20.1 Å². The number of carbonyl (C=O) groups excluding carboxylic acids is 1. The Hall–Kier alpha value is -3.12. The fraction of sp³-hybridized carbons (Fsp3) is 0.333. The summed E-state index contributed by atoms with van der Waals surface area (Å²) in [7, 11) is 0. The van der Waals surface area contributed by atoms with Gasteiger partial charge in [-0.2, -0.15) is 0 Å². The molecule has 0 unspecified atom stereocenters. The normalized spacial score (nSPS) is 25.2. The van der Waals surface area contributed by atoms with E-state index in [1.54, 1.807) is 24.3 Å². The van der Waals surface area contributed by atoms with Gasteiger partial charge in [0.15, 0.2) is 23.8 Å². The Morgan fingerprint density at radius 1 is 1.21 bits per heavy atom. The summed E-state index contributed by atoms with van der Waals surface area (Å²) < 4.78 is 7.03. The number of nitrogen functional groups attached to an aromatic ring is 1. The molecule has 3 heterocycles. The van der Waals surface area contributed by atoms with Gasteiger partial charge in [-0.1, -0.05) is 30.3 Å². The molecule has 1 saturated heterocycles. The molecule has 0 radical (unpaired) electrons. The fourth-order valence-electron chi connectivity index (χ4n) is 3.34. The van der Waals surface area contributed by atoms with E-state index >= 15 is 0 Å². The average Bonchev–Trinajstić information content (AvgIpc) is 3.29. The number of amides is 1. The van der Waals surface area contributed by atoms with E-state index in [-0.39, 0.29) is 12.4 Å². The van der Waals surface area contributed by atoms with Crippen molar-refractivity contribution in [2.75, 3.05) is 12.3 Å². The van der Waals surface area contributed by atoms with E-state index in [0.29, 0.717) is 16.7 Å². The smallest absolute Gasteiger partial charge is 0.252 e. The van der Waals surface area contributed by atoms with Gasteiger partial charge in [0.25, 0.3) is 5.91 Å². The van der Waals surface area contributed by atoms with Crippen LogP contribution in [0.2, 0.25) is 0 Å². The van der Waals surface area contributed by atoms with Crippen LogP contribution in [0.3, 0.4) is 0 Å². The molecule has 6 N–H and O–H groups in total. The minimum absolute atomic E-state index is 0.157. The van der Waals surface area contributed by atoms with E-state index < -0.39 is 36.5 Å². The van der Waals surface area contributed by atoms with Gasteiger partial charge in [0.05, 0.1) is 19.0 Å². The number of anilines is 1. The molecule has 29 heavy (non-hydrogen) atoms. The van der Waals surface area contributed by atoms with Crippen molar-refractivity contribution in [2.45, 2.75) is 30.6 Å². The van der Waals surface area contributed by atoms with E-state index in [1.165, 1.54) is 17.2 Å². The van der Waals surface area contributed by atoms with Crippen LogP contribution in [0, 0.1) is 0 Å². The van der Waals surface area contributed by atoms with Crippen molar-refractivity contribution in [1.82, 2.24) is 24.8 Å². The first-order valence-corrected chi connectivity index (χ1v) is 8.92. The molecule has 0 bridgehead atoms. The van der Waals surface area contributed by atoms with E-state index in [0.717, 1.165) is 0 Å². The number of hydrogen-bond donors (Lipinski definition) is 5. The molecular weight excluding hydrogens is 380 g/mol. The largest absolute Gasteiger partial charge is 0.394 e. The number of fused-ring (bicyclic) bond motifs is 1. The van der Waals surface area contributed by atoms with Crippen LogP contribution in [-0.2, 0) is 9.53 Å². The summed E-state index contributed by atoms with van der Waals surface area (Å²) in [6.45, 7) is -0.340. The first kappa shape index (κ1) is 19.2. The highest BCUT2D eigenvalue weighted by molar-refractivity contribution is 5.83. The first-order valence-electron chi connectivity index (χ1n) is 8.92. The molecule has 1 fully saturated rings. The Morgan fingerprint density at radius 3 is 2.69 bits per heavy atom. The van der Waals surface area contributed by atoms with Gasteiger partial charge < -0.3 is 31.1 Å². The lowest BCUT2D eigenvalue weighted by molar-refractivity contribution is -0.138. The van der Waals surface area contributed by atoms with Gasteiger partial charge in [0, 0.05) is 0 Å². The SMILES string of the molecule is Nc1ncnc2c1ncn2[C@@H]1O[C@H](C(=O)N[C@@H](CO)c2ccccc2)[C@@H](O)[C@H]1O. The standard InChI is InChI=1S/C18H20N6O5/c19-15-11-16(21-7-20-15)24(8-22-11)18-13(27)12(26)14(29-18)17(28)23-10(6-25)9-4-2-1-3-5-9/h1-5,7-8,10,12-14,18,25-27H,6H2,(H,23,28)(H2,19,20,21)/t10-,12-,13+,14-,18+/m0/s1. The quantitative estimate of drug-likeness (QED) is 0.356. The van der Waals surface area contributed by atoms with Crippen LogP contribution in [0.1, 0.15) is 17.8 Å². The summed E-state index contributed by atoms with van der Waals surface area (Å²) in [5.41, 5.74) is 7.07. The van der Waals surface area contributed by atoms with E-state index in [4.69, 9.17) is 10.5 Å². The summed E-state index contributed by atoms with van der Waals surface area (Å²) in [5, 5.41) is 33.1. The molecule has 5 atom stereocenters. The van der Waals surface area contributed by atoms with Crippen LogP contribution in [0.5, 0.6) is 0 Å².